The highest BCUT2D eigenvalue weighted by Crippen LogP contribution is 2.06. The van der Waals surface area contributed by atoms with Crippen molar-refractivity contribution in [3.05, 3.63) is 0 Å². The average Bonchev–Trinajstić information content (AvgIpc) is 2.59. The van der Waals surface area contributed by atoms with Gasteiger partial charge in [-0.3, -0.25) is 4.79 Å². The third kappa shape index (κ3) is 4.29. The number of hydrogen-bond acceptors (Lipinski definition) is 4. The predicted molar refractivity (Wildman–Crippen MR) is 55.0 cm³/mol. The van der Waals surface area contributed by atoms with Crippen LogP contribution in [0.3, 0.4) is 0 Å². The summed E-state index contributed by atoms with van der Waals surface area (Å²) in [6.45, 7) is 1.08. The summed E-state index contributed by atoms with van der Waals surface area (Å²) < 4.78 is 4.74. The predicted octanol–water partition coefficient (Wildman–Crippen LogP) is -0.0628. The van der Waals surface area contributed by atoms with Gasteiger partial charge in [-0.1, -0.05) is 6.42 Å². The Hall–Kier alpha value is -1.10. The molecule has 0 bridgehead atoms. The first-order valence-corrected chi connectivity index (χ1v) is 5.40. The zero-order valence-corrected chi connectivity index (χ0v) is 8.83. The van der Waals surface area contributed by atoms with Crippen LogP contribution in [0, 0.1) is 0 Å². The molecule has 0 aromatic heterocycles. The van der Waals surface area contributed by atoms with E-state index in [1.807, 2.05) is 0 Å². The first-order chi connectivity index (χ1) is 7.24. The fourth-order valence-electron chi connectivity index (χ4n) is 1.50. The van der Waals surface area contributed by atoms with Gasteiger partial charge in [-0.05, 0) is 19.4 Å². The molecule has 1 atom stereocenters. The minimum atomic E-state index is -0.424. The maximum atomic E-state index is 11.4. The summed E-state index contributed by atoms with van der Waals surface area (Å²) in [6, 6.07) is -0.424. The lowest BCUT2D eigenvalue weighted by atomic mass is 10.1. The number of esters is 1. The van der Waals surface area contributed by atoms with Crippen molar-refractivity contribution in [2.24, 2.45) is 5.73 Å². The van der Waals surface area contributed by atoms with E-state index in [1.54, 1.807) is 0 Å². The molecule has 5 nitrogen and oxygen atoms in total. The molecule has 86 valence electrons. The van der Waals surface area contributed by atoms with Crippen molar-refractivity contribution in [2.45, 2.75) is 38.1 Å². The normalized spacial score (nSPS) is 20.1. The quantitative estimate of drug-likeness (QED) is 0.479. The highest BCUT2D eigenvalue weighted by atomic mass is 16.5. The van der Waals surface area contributed by atoms with Crippen molar-refractivity contribution in [3.63, 3.8) is 0 Å². The average molecular weight is 214 g/mol. The van der Waals surface area contributed by atoms with Crippen molar-refractivity contribution in [1.29, 1.82) is 0 Å². The molecule has 1 fully saturated rings. The zero-order valence-electron chi connectivity index (χ0n) is 8.83. The van der Waals surface area contributed by atoms with E-state index in [9.17, 15) is 9.59 Å². The van der Waals surface area contributed by atoms with E-state index in [0.717, 1.165) is 19.3 Å². The lowest BCUT2D eigenvalue weighted by Gasteiger charge is -2.08. The van der Waals surface area contributed by atoms with Crippen molar-refractivity contribution < 1.29 is 14.3 Å². The van der Waals surface area contributed by atoms with Gasteiger partial charge in [0.15, 0.2) is 0 Å². The van der Waals surface area contributed by atoms with Crippen LogP contribution in [-0.4, -0.2) is 31.1 Å². The van der Waals surface area contributed by atoms with E-state index in [4.69, 9.17) is 10.5 Å². The molecule has 1 aliphatic heterocycles. The molecule has 1 aliphatic rings. The Kier molecular flexibility index (Phi) is 5.10. The third-order valence-electron chi connectivity index (χ3n) is 2.38. The second kappa shape index (κ2) is 6.40. The highest BCUT2D eigenvalue weighted by molar-refractivity contribution is 5.85. The van der Waals surface area contributed by atoms with Gasteiger partial charge < -0.3 is 15.8 Å². The molecule has 0 saturated carbocycles. The van der Waals surface area contributed by atoms with Crippen LogP contribution in [0.15, 0.2) is 0 Å². The van der Waals surface area contributed by atoms with E-state index in [0.29, 0.717) is 26.0 Å². The third-order valence-corrected chi connectivity index (χ3v) is 2.38. The van der Waals surface area contributed by atoms with Gasteiger partial charge in [0.1, 0.15) is 6.04 Å². The van der Waals surface area contributed by atoms with E-state index in [1.165, 1.54) is 0 Å². The van der Waals surface area contributed by atoms with Crippen molar-refractivity contribution in [1.82, 2.24) is 5.32 Å². The standard InChI is InChI=1S/C10H18N2O3/c11-6-3-1-2-4-9(13)12-8-5-7-15-10(8)14/h8H,1-7,11H2,(H,12,13)/t8-/m0/s1. The molecule has 1 heterocycles. The molecular formula is C10H18N2O3. The van der Waals surface area contributed by atoms with Gasteiger partial charge in [-0.2, -0.15) is 0 Å². The number of ether oxygens (including phenoxy) is 1. The largest absolute Gasteiger partial charge is 0.464 e. The van der Waals surface area contributed by atoms with Crippen LogP contribution >= 0.6 is 0 Å². The Labute approximate surface area is 89.3 Å². The Balaban J connectivity index is 2.10. The monoisotopic (exact) mass is 214 g/mol. The maximum Gasteiger partial charge on any atom is 0.328 e. The van der Waals surface area contributed by atoms with Crippen LogP contribution in [0.25, 0.3) is 0 Å². The van der Waals surface area contributed by atoms with E-state index < -0.39 is 6.04 Å². The number of hydrogen-bond donors (Lipinski definition) is 2. The summed E-state index contributed by atoms with van der Waals surface area (Å²) in [5, 5.41) is 2.66. The smallest absolute Gasteiger partial charge is 0.328 e. The molecule has 1 saturated heterocycles. The lowest BCUT2D eigenvalue weighted by molar-refractivity contribution is -0.141. The molecule has 0 spiro atoms. The summed E-state index contributed by atoms with van der Waals surface area (Å²) in [5.74, 6) is -0.388. The number of cyclic esters (lactones) is 1. The van der Waals surface area contributed by atoms with Crippen molar-refractivity contribution in [3.8, 4) is 0 Å². The van der Waals surface area contributed by atoms with Crippen LogP contribution in [0.5, 0.6) is 0 Å². The second-order valence-corrected chi connectivity index (χ2v) is 3.68. The Bertz CT molecular complexity index is 231. The summed E-state index contributed by atoms with van der Waals surface area (Å²) in [7, 11) is 0. The van der Waals surface area contributed by atoms with Gasteiger partial charge in [0.2, 0.25) is 5.91 Å². The van der Waals surface area contributed by atoms with E-state index in [2.05, 4.69) is 5.32 Å². The van der Waals surface area contributed by atoms with Crippen LogP contribution in [-0.2, 0) is 14.3 Å². The summed E-state index contributed by atoms with van der Waals surface area (Å²) in [4.78, 5) is 22.4. The molecule has 0 unspecified atom stereocenters. The second-order valence-electron chi connectivity index (χ2n) is 3.68. The minimum absolute atomic E-state index is 0.0733. The first kappa shape index (κ1) is 12.0. The number of carbonyl (C=O) groups excluding carboxylic acids is 2. The Morgan fingerprint density at radius 1 is 1.47 bits per heavy atom. The minimum Gasteiger partial charge on any atom is -0.464 e. The molecule has 1 amide bonds. The fraction of sp³-hybridized carbons (Fsp3) is 0.800. The topological polar surface area (TPSA) is 81.4 Å². The Morgan fingerprint density at radius 2 is 2.27 bits per heavy atom. The van der Waals surface area contributed by atoms with Gasteiger partial charge in [-0.25, -0.2) is 4.79 Å². The molecule has 3 N–H and O–H groups in total. The van der Waals surface area contributed by atoms with Gasteiger partial charge >= 0.3 is 5.97 Å². The van der Waals surface area contributed by atoms with Gasteiger partial charge in [-0.15, -0.1) is 0 Å². The van der Waals surface area contributed by atoms with Crippen LogP contribution in [0.4, 0.5) is 0 Å². The van der Waals surface area contributed by atoms with Crippen LogP contribution < -0.4 is 11.1 Å². The van der Waals surface area contributed by atoms with Crippen LogP contribution in [0.1, 0.15) is 32.1 Å². The number of unbranched alkanes of at least 4 members (excludes halogenated alkanes) is 2. The molecular weight excluding hydrogens is 196 g/mol. The maximum absolute atomic E-state index is 11.4. The molecule has 0 aromatic carbocycles. The SMILES string of the molecule is NCCCCCC(=O)N[C@H]1CCOC1=O. The summed E-state index contributed by atoms with van der Waals surface area (Å²) >= 11 is 0. The first-order valence-electron chi connectivity index (χ1n) is 5.40. The number of carbonyl (C=O) groups is 2. The summed E-state index contributed by atoms with van der Waals surface area (Å²) in [6.07, 6.45) is 3.78. The zero-order chi connectivity index (χ0) is 11.1. The number of rotatable bonds is 6. The molecule has 1 rings (SSSR count). The Morgan fingerprint density at radius 3 is 2.87 bits per heavy atom. The van der Waals surface area contributed by atoms with Crippen molar-refractivity contribution in [2.75, 3.05) is 13.2 Å². The number of amides is 1. The molecule has 0 aliphatic carbocycles. The van der Waals surface area contributed by atoms with E-state index in [-0.39, 0.29) is 11.9 Å². The van der Waals surface area contributed by atoms with Crippen LogP contribution in [0.2, 0.25) is 0 Å². The lowest BCUT2D eigenvalue weighted by Crippen LogP contribution is -2.37. The van der Waals surface area contributed by atoms with Gasteiger partial charge in [0, 0.05) is 12.8 Å². The van der Waals surface area contributed by atoms with Crippen molar-refractivity contribution >= 4 is 11.9 Å². The van der Waals surface area contributed by atoms with E-state index >= 15 is 0 Å². The molecule has 5 heteroatoms. The molecule has 15 heavy (non-hydrogen) atoms. The molecule has 0 radical (unpaired) electrons. The molecule has 0 aromatic rings. The number of nitrogens with one attached hydrogen (secondary N) is 1. The van der Waals surface area contributed by atoms with Gasteiger partial charge in [0.25, 0.3) is 0 Å². The number of nitrogens with two attached hydrogens (primary N) is 1. The van der Waals surface area contributed by atoms with Gasteiger partial charge in [0.05, 0.1) is 6.61 Å². The highest BCUT2D eigenvalue weighted by Gasteiger charge is 2.27. The summed E-state index contributed by atoms with van der Waals surface area (Å²) in [5.41, 5.74) is 5.33. The fourth-order valence-corrected chi connectivity index (χ4v) is 1.50.